The molecule has 0 bridgehead atoms. The van der Waals surface area contributed by atoms with Crippen molar-refractivity contribution in [1.29, 1.82) is 0 Å². The molecule has 0 aliphatic heterocycles. The fraction of sp³-hybridized carbons (Fsp3) is 0.273. The molecule has 0 saturated carbocycles. The highest BCUT2D eigenvalue weighted by atomic mass is 79.9. The largest absolute Gasteiger partial charge is 0.346 e. The van der Waals surface area contributed by atoms with E-state index in [-0.39, 0.29) is 0 Å². The first-order valence-electron chi connectivity index (χ1n) is 4.70. The molecule has 74 valence electrons. The Hall–Kier alpha value is -0.800. The second-order valence-electron chi connectivity index (χ2n) is 3.32. The van der Waals surface area contributed by atoms with Gasteiger partial charge in [0, 0.05) is 34.7 Å². The summed E-state index contributed by atoms with van der Waals surface area (Å²) in [5, 5.41) is 4.44. The lowest BCUT2D eigenvalue weighted by Crippen LogP contribution is -2.14. The van der Waals surface area contributed by atoms with Gasteiger partial charge in [0.15, 0.2) is 0 Å². The van der Waals surface area contributed by atoms with Gasteiger partial charge in [0.1, 0.15) is 0 Å². The van der Waals surface area contributed by atoms with Gasteiger partial charge in [-0.25, -0.2) is 0 Å². The zero-order valence-electron chi connectivity index (χ0n) is 8.13. The molecule has 0 amide bonds. The molecular weight excluding hydrogens is 240 g/mol. The van der Waals surface area contributed by atoms with Gasteiger partial charge in [-0.3, -0.25) is 0 Å². The molecule has 14 heavy (non-hydrogen) atoms. The zero-order valence-corrected chi connectivity index (χ0v) is 9.71. The van der Waals surface area contributed by atoms with Gasteiger partial charge < -0.3 is 9.88 Å². The van der Waals surface area contributed by atoms with Crippen molar-refractivity contribution < 1.29 is 0 Å². The van der Waals surface area contributed by atoms with Crippen LogP contribution in [0.5, 0.6) is 0 Å². The summed E-state index contributed by atoms with van der Waals surface area (Å²) in [4.78, 5) is 0. The van der Waals surface area contributed by atoms with Crippen molar-refractivity contribution >= 4 is 26.8 Å². The fourth-order valence-electron chi connectivity index (χ4n) is 1.60. The molecule has 0 fully saturated rings. The van der Waals surface area contributed by atoms with Gasteiger partial charge in [-0.15, -0.1) is 0 Å². The lowest BCUT2D eigenvalue weighted by molar-refractivity contribution is 0.662. The number of nitrogens with one attached hydrogen (secondary N) is 1. The van der Waals surface area contributed by atoms with Crippen molar-refractivity contribution in [3.8, 4) is 0 Å². The van der Waals surface area contributed by atoms with Crippen LogP contribution >= 0.6 is 15.9 Å². The summed E-state index contributed by atoms with van der Waals surface area (Å²) < 4.78 is 3.40. The van der Waals surface area contributed by atoms with E-state index in [1.807, 2.05) is 7.05 Å². The first-order chi connectivity index (χ1) is 6.81. The second kappa shape index (κ2) is 4.15. The predicted molar refractivity (Wildman–Crippen MR) is 63.6 cm³/mol. The van der Waals surface area contributed by atoms with Crippen LogP contribution in [0.4, 0.5) is 0 Å². The molecule has 0 radical (unpaired) electrons. The van der Waals surface area contributed by atoms with E-state index in [4.69, 9.17) is 0 Å². The van der Waals surface area contributed by atoms with E-state index in [0.717, 1.165) is 17.6 Å². The van der Waals surface area contributed by atoms with Crippen LogP contribution in [0.1, 0.15) is 0 Å². The SMILES string of the molecule is CNCCn1ccc2cc(Br)ccc21. The van der Waals surface area contributed by atoms with Gasteiger partial charge in [0.25, 0.3) is 0 Å². The van der Waals surface area contributed by atoms with Gasteiger partial charge in [-0.1, -0.05) is 15.9 Å². The number of hydrogen-bond acceptors (Lipinski definition) is 1. The Morgan fingerprint density at radius 3 is 3.00 bits per heavy atom. The Labute approximate surface area is 92.0 Å². The molecule has 0 aliphatic rings. The van der Waals surface area contributed by atoms with Crippen LogP contribution < -0.4 is 5.32 Å². The van der Waals surface area contributed by atoms with E-state index in [0.29, 0.717) is 0 Å². The van der Waals surface area contributed by atoms with Crippen LogP contribution in [0.3, 0.4) is 0 Å². The van der Waals surface area contributed by atoms with E-state index in [2.05, 4.69) is 56.3 Å². The molecular formula is C11H13BrN2. The van der Waals surface area contributed by atoms with Crippen LogP contribution in [0, 0.1) is 0 Å². The number of aromatic nitrogens is 1. The molecule has 2 aromatic rings. The predicted octanol–water partition coefficient (Wildman–Crippen LogP) is 2.62. The van der Waals surface area contributed by atoms with E-state index < -0.39 is 0 Å². The summed E-state index contributed by atoms with van der Waals surface area (Å²) in [7, 11) is 1.97. The van der Waals surface area contributed by atoms with Gasteiger partial charge >= 0.3 is 0 Å². The van der Waals surface area contributed by atoms with Crippen LogP contribution in [0.2, 0.25) is 0 Å². The first kappa shape index (κ1) is 9.74. The van der Waals surface area contributed by atoms with Crippen molar-refractivity contribution in [3.05, 3.63) is 34.9 Å². The molecule has 0 unspecified atom stereocenters. The van der Waals surface area contributed by atoms with Crippen LogP contribution in [-0.4, -0.2) is 18.2 Å². The van der Waals surface area contributed by atoms with Gasteiger partial charge in [0.2, 0.25) is 0 Å². The summed E-state index contributed by atoms with van der Waals surface area (Å²) in [6, 6.07) is 8.52. The van der Waals surface area contributed by atoms with E-state index >= 15 is 0 Å². The van der Waals surface area contributed by atoms with Crippen LogP contribution in [0.15, 0.2) is 34.9 Å². The average Bonchev–Trinajstić information content (AvgIpc) is 2.57. The standard InChI is InChI=1S/C11H13BrN2/c1-13-5-7-14-6-4-9-8-10(12)2-3-11(9)14/h2-4,6,8,13H,5,7H2,1H3. The molecule has 0 aliphatic carbocycles. The molecule has 1 heterocycles. The van der Waals surface area contributed by atoms with Gasteiger partial charge in [-0.05, 0) is 31.3 Å². The maximum Gasteiger partial charge on any atom is 0.0481 e. The number of rotatable bonds is 3. The monoisotopic (exact) mass is 252 g/mol. The van der Waals surface area contributed by atoms with Crippen molar-refractivity contribution in [1.82, 2.24) is 9.88 Å². The van der Waals surface area contributed by atoms with Gasteiger partial charge in [-0.2, -0.15) is 0 Å². The Kier molecular flexibility index (Phi) is 2.89. The first-order valence-corrected chi connectivity index (χ1v) is 5.49. The quantitative estimate of drug-likeness (QED) is 0.889. The summed E-state index contributed by atoms with van der Waals surface area (Å²) in [5.41, 5.74) is 1.29. The molecule has 0 saturated heterocycles. The molecule has 1 N–H and O–H groups in total. The third-order valence-corrected chi connectivity index (χ3v) is 2.83. The minimum Gasteiger partial charge on any atom is -0.346 e. The molecule has 1 aromatic carbocycles. The second-order valence-corrected chi connectivity index (χ2v) is 4.23. The molecule has 3 heteroatoms. The Morgan fingerprint density at radius 2 is 2.21 bits per heavy atom. The number of hydrogen-bond donors (Lipinski definition) is 1. The van der Waals surface area contributed by atoms with E-state index in [1.54, 1.807) is 0 Å². The normalized spacial score (nSPS) is 11.0. The third kappa shape index (κ3) is 1.83. The minimum atomic E-state index is 1.000. The highest BCUT2D eigenvalue weighted by molar-refractivity contribution is 9.10. The van der Waals surface area contributed by atoms with Gasteiger partial charge in [0.05, 0.1) is 0 Å². The summed E-state index contributed by atoms with van der Waals surface area (Å²) in [6.45, 7) is 2.02. The molecule has 1 aromatic heterocycles. The van der Waals surface area contributed by atoms with Crippen molar-refractivity contribution in [2.75, 3.05) is 13.6 Å². The smallest absolute Gasteiger partial charge is 0.0481 e. The fourth-order valence-corrected chi connectivity index (χ4v) is 1.98. The molecule has 2 nitrogen and oxygen atoms in total. The van der Waals surface area contributed by atoms with Crippen LogP contribution in [0.25, 0.3) is 10.9 Å². The highest BCUT2D eigenvalue weighted by Gasteiger charge is 1.99. The Morgan fingerprint density at radius 1 is 1.36 bits per heavy atom. The van der Waals surface area contributed by atoms with E-state index in [1.165, 1.54) is 10.9 Å². The minimum absolute atomic E-state index is 1.000. The maximum atomic E-state index is 3.47. The number of nitrogens with zero attached hydrogens (tertiary/aromatic N) is 1. The maximum absolute atomic E-state index is 3.47. The summed E-state index contributed by atoms with van der Waals surface area (Å²) in [6.07, 6.45) is 2.13. The van der Waals surface area contributed by atoms with Crippen molar-refractivity contribution in [3.63, 3.8) is 0 Å². The lowest BCUT2D eigenvalue weighted by Gasteiger charge is -2.04. The Bertz CT molecular complexity index is 434. The summed E-state index contributed by atoms with van der Waals surface area (Å²) in [5.74, 6) is 0. The molecule has 0 atom stereocenters. The van der Waals surface area contributed by atoms with Crippen LogP contribution in [-0.2, 0) is 6.54 Å². The number of halogens is 1. The number of likely N-dealkylation sites (N-methyl/N-ethyl adjacent to an activating group) is 1. The average molecular weight is 253 g/mol. The molecule has 0 spiro atoms. The molecule has 2 rings (SSSR count). The highest BCUT2D eigenvalue weighted by Crippen LogP contribution is 2.20. The number of fused-ring (bicyclic) bond motifs is 1. The van der Waals surface area contributed by atoms with E-state index in [9.17, 15) is 0 Å². The Balaban J connectivity index is 2.37. The zero-order chi connectivity index (χ0) is 9.97. The lowest BCUT2D eigenvalue weighted by atomic mass is 10.2. The van der Waals surface area contributed by atoms with Crippen molar-refractivity contribution in [2.45, 2.75) is 6.54 Å². The topological polar surface area (TPSA) is 17.0 Å². The summed E-state index contributed by atoms with van der Waals surface area (Å²) >= 11 is 3.47. The number of benzene rings is 1. The van der Waals surface area contributed by atoms with Crippen molar-refractivity contribution in [2.24, 2.45) is 0 Å². The third-order valence-electron chi connectivity index (χ3n) is 2.34.